The summed E-state index contributed by atoms with van der Waals surface area (Å²) in [5.74, 6) is 0.158. The molecule has 0 spiro atoms. The normalized spacial score (nSPS) is 20.6. The second-order valence-electron chi connectivity index (χ2n) is 6.75. The molecule has 1 aliphatic rings. The van der Waals surface area contributed by atoms with Crippen molar-refractivity contribution >= 4 is 5.78 Å². The monoisotopic (exact) mass is 274 g/mol. The molecule has 2 heteroatoms. The lowest BCUT2D eigenvalue weighted by molar-refractivity contribution is -0.0383. The Labute approximate surface area is 122 Å². The predicted octanol–water partition coefficient (Wildman–Crippen LogP) is 4.42. The molecule has 0 atom stereocenters. The molecular formula is C18H26O2. The van der Waals surface area contributed by atoms with E-state index in [1.165, 1.54) is 5.56 Å². The van der Waals surface area contributed by atoms with Crippen LogP contribution in [-0.2, 0) is 11.2 Å². The van der Waals surface area contributed by atoms with Crippen LogP contribution >= 0.6 is 0 Å². The predicted molar refractivity (Wildman–Crippen MR) is 82.1 cm³/mol. The maximum absolute atomic E-state index is 12.9. The minimum Gasteiger partial charge on any atom is -0.370 e. The van der Waals surface area contributed by atoms with Crippen LogP contribution < -0.4 is 0 Å². The fourth-order valence-electron chi connectivity index (χ4n) is 3.05. The molecule has 0 bridgehead atoms. The third-order valence-electron chi connectivity index (χ3n) is 4.81. The van der Waals surface area contributed by atoms with E-state index in [0.717, 1.165) is 37.7 Å². The summed E-state index contributed by atoms with van der Waals surface area (Å²) in [6.07, 6.45) is 4.69. The van der Waals surface area contributed by atoms with Crippen molar-refractivity contribution < 1.29 is 9.53 Å². The minimum absolute atomic E-state index is 0.158. The molecule has 0 saturated heterocycles. The van der Waals surface area contributed by atoms with Crippen molar-refractivity contribution in [3.05, 3.63) is 35.4 Å². The van der Waals surface area contributed by atoms with Gasteiger partial charge in [0.2, 0.25) is 0 Å². The summed E-state index contributed by atoms with van der Waals surface area (Å²) in [5, 5.41) is 0. The smallest absolute Gasteiger partial charge is 0.194 e. The van der Waals surface area contributed by atoms with E-state index in [0.29, 0.717) is 5.41 Å². The van der Waals surface area contributed by atoms with Gasteiger partial charge in [-0.2, -0.15) is 0 Å². The van der Waals surface area contributed by atoms with E-state index >= 15 is 0 Å². The van der Waals surface area contributed by atoms with Crippen LogP contribution in [0, 0.1) is 5.41 Å². The molecule has 0 radical (unpaired) electrons. The van der Waals surface area contributed by atoms with Crippen molar-refractivity contribution in [2.24, 2.45) is 5.41 Å². The van der Waals surface area contributed by atoms with Crippen molar-refractivity contribution in [1.29, 1.82) is 0 Å². The van der Waals surface area contributed by atoms with Crippen molar-refractivity contribution in [3.63, 3.8) is 0 Å². The fraction of sp³-hybridized carbons (Fsp3) is 0.611. The zero-order valence-corrected chi connectivity index (χ0v) is 13.2. The molecule has 1 aromatic rings. The Balaban J connectivity index is 2.25. The van der Waals surface area contributed by atoms with Gasteiger partial charge in [-0.15, -0.1) is 0 Å². The van der Waals surface area contributed by atoms with Crippen LogP contribution in [0.4, 0.5) is 0 Å². The van der Waals surface area contributed by atoms with Gasteiger partial charge in [0.15, 0.2) is 5.78 Å². The Morgan fingerprint density at radius 3 is 2.40 bits per heavy atom. The summed E-state index contributed by atoms with van der Waals surface area (Å²) < 4.78 is 5.71. The molecule has 110 valence electrons. The highest BCUT2D eigenvalue weighted by Crippen LogP contribution is 2.43. The van der Waals surface area contributed by atoms with Crippen LogP contribution in [0.15, 0.2) is 24.3 Å². The standard InChI is InChI=1S/C18H26O2/c1-5-14-7-6-8-15(13-14)16(19)18(20-4)11-9-17(2,3)10-12-18/h6-8,13H,5,9-12H2,1-4H3. The van der Waals surface area contributed by atoms with Gasteiger partial charge in [-0.3, -0.25) is 4.79 Å². The van der Waals surface area contributed by atoms with Crippen molar-refractivity contribution in [3.8, 4) is 0 Å². The highest BCUT2D eigenvalue weighted by atomic mass is 16.5. The van der Waals surface area contributed by atoms with Crippen LogP contribution in [0.5, 0.6) is 0 Å². The van der Waals surface area contributed by atoms with Gasteiger partial charge in [0, 0.05) is 12.7 Å². The van der Waals surface area contributed by atoms with Crippen LogP contribution in [0.1, 0.15) is 62.4 Å². The Hall–Kier alpha value is -1.15. The number of benzene rings is 1. The van der Waals surface area contributed by atoms with E-state index in [4.69, 9.17) is 4.74 Å². The summed E-state index contributed by atoms with van der Waals surface area (Å²) in [4.78, 5) is 12.9. The van der Waals surface area contributed by atoms with E-state index in [1.54, 1.807) is 7.11 Å². The summed E-state index contributed by atoms with van der Waals surface area (Å²) in [5.41, 5.74) is 1.72. The molecule has 20 heavy (non-hydrogen) atoms. The van der Waals surface area contributed by atoms with Crippen molar-refractivity contribution in [1.82, 2.24) is 0 Å². The van der Waals surface area contributed by atoms with Crippen LogP contribution in [0.3, 0.4) is 0 Å². The lowest BCUT2D eigenvalue weighted by atomic mass is 9.68. The number of hydrogen-bond donors (Lipinski definition) is 0. The van der Waals surface area contributed by atoms with Gasteiger partial charge in [-0.1, -0.05) is 39.0 Å². The summed E-state index contributed by atoms with van der Waals surface area (Å²) in [7, 11) is 1.68. The Morgan fingerprint density at radius 2 is 1.85 bits per heavy atom. The van der Waals surface area contributed by atoms with Gasteiger partial charge in [-0.05, 0) is 49.1 Å². The first-order valence-electron chi connectivity index (χ1n) is 7.61. The van der Waals surface area contributed by atoms with E-state index in [1.807, 2.05) is 18.2 Å². The minimum atomic E-state index is -0.609. The summed E-state index contributed by atoms with van der Waals surface area (Å²) >= 11 is 0. The van der Waals surface area contributed by atoms with Crippen LogP contribution in [0.2, 0.25) is 0 Å². The topological polar surface area (TPSA) is 26.3 Å². The zero-order chi connectivity index (χ0) is 14.8. The summed E-state index contributed by atoms with van der Waals surface area (Å²) in [6.45, 7) is 6.66. The SMILES string of the molecule is CCc1cccc(C(=O)C2(OC)CCC(C)(C)CC2)c1. The Kier molecular flexibility index (Phi) is 4.33. The molecule has 2 nitrogen and oxygen atoms in total. The van der Waals surface area contributed by atoms with Crippen molar-refractivity contribution in [2.75, 3.05) is 7.11 Å². The lowest BCUT2D eigenvalue weighted by Gasteiger charge is -2.41. The number of carbonyl (C=O) groups is 1. The van der Waals surface area contributed by atoms with Gasteiger partial charge in [0.25, 0.3) is 0 Å². The number of ether oxygens (including phenoxy) is 1. The molecule has 0 unspecified atom stereocenters. The molecule has 0 aromatic heterocycles. The first-order valence-corrected chi connectivity index (χ1v) is 7.61. The molecule has 0 aliphatic heterocycles. The number of aryl methyl sites for hydroxylation is 1. The maximum Gasteiger partial charge on any atom is 0.194 e. The number of Topliss-reactive ketones (excluding diaryl/α,β-unsaturated/α-hetero) is 1. The first-order chi connectivity index (χ1) is 9.42. The van der Waals surface area contributed by atoms with E-state index in [-0.39, 0.29) is 5.78 Å². The number of rotatable bonds is 4. The van der Waals surface area contributed by atoms with Gasteiger partial charge < -0.3 is 4.74 Å². The van der Waals surface area contributed by atoms with E-state index < -0.39 is 5.60 Å². The first kappa shape index (κ1) is 15.2. The second-order valence-corrected chi connectivity index (χ2v) is 6.75. The quantitative estimate of drug-likeness (QED) is 0.760. The van der Waals surface area contributed by atoms with Crippen LogP contribution in [0.25, 0.3) is 0 Å². The highest BCUT2D eigenvalue weighted by Gasteiger charge is 2.44. The van der Waals surface area contributed by atoms with Gasteiger partial charge in [0.05, 0.1) is 0 Å². The average Bonchev–Trinajstić information content (AvgIpc) is 2.47. The zero-order valence-electron chi connectivity index (χ0n) is 13.2. The molecule has 2 rings (SSSR count). The lowest BCUT2D eigenvalue weighted by Crippen LogP contribution is -2.45. The van der Waals surface area contributed by atoms with Gasteiger partial charge in [0.1, 0.15) is 5.60 Å². The molecule has 0 amide bonds. The van der Waals surface area contributed by atoms with Crippen LogP contribution in [-0.4, -0.2) is 18.5 Å². The average molecular weight is 274 g/mol. The molecule has 1 aliphatic carbocycles. The van der Waals surface area contributed by atoms with Gasteiger partial charge >= 0.3 is 0 Å². The van der Waals surface area contributed by atoms with E-state index in [2.05, 4.69) is 26.8 Å². The summed E-state index contributed by atoms with van der Waals surface area (Å²) in [6, 6.07) is 7.98. The van der Waals surface area contributed by atoms with Gasteiger partial charge in [-0.25, -0.2) is 0 Å². The van der Waals surface area contributed by atoms with E-state index in [9.17, 15) is 4.79 Å². The third kappa shape index (κ3) is 2.95. The molecule has 1 fully saturated rings. The molecule has 1 aromatic carbocycles. The fourth-order valence-corrected chi connectivity index (χ4v) is 3.05. The van der Waals surface area contributed by atoms with Crippen molar-refractivity contribution in [2.45, 2.75) is 58.5 Å². The number of hydrogen-bond acceptors (Lipinski definition) is 2. The third-order valence-corrected chi connectivity index (χ3v) is 4.81. The molecular weight excluding hydrogens is 248 g/mol. The largest absolute Gasteiger partial charge is 0.370 e. The Bertz CT molecular complexity index is 478. The Morgan fingerprint density at radius 1 is 1.20 bits per heavy atom. The highest BCUT2D eigenvalue weighted by molar-refractivity contribution is 6.02. The number of carbonyl (C=O) groups excluding carboxylic acids is 1. The number of methoxy groups -OCH3 is 1. The second kappa shape index (κ2) is 5.69. The molecule has 0 heterocycles. The molecule has 0 N–H and O–H groups in total. The molecule has 1 saturated carbocycles. The maximum atomic E-state index is 12.9. The number of ketones is 1.